The third-order valence-corrected chi connectivity index (χ3v) is 8.55. The zero-order chi connectivity index (χ0) is 20.3. The van der Waals surface area contributed by atoms with Crippen LogP contribution in [0.15, 0.2) is 30.3 Å². The third-order valence-electron chi connectivity index (χ3n) is 4.80. The van der Waals surface area contributed by atoms with Gasteiger partial charge in [0.2, 0.25) is 0 Å². The summed E-state index contributed by atoms with van der Waals surface area (Å²) < 4.78 is 2.20. The highest BCUT2D eigenvalue weighted by Crippen LogP contribution is 2.41. The lowest BCUT2D eigenvalue weighted by molar-refractivity contribution is 0.520. The summed E-state index contributed by atoms with van der Waals surface area (Å²) >= 11 is 16.6. The Morgan fingerprint density at radius 2 is 1.64 bits per heavy atom. The monoisotopic (exact) mass is 448 g/mol. The molecule has 2 nitrogen and oxygen atoms in total. The fraction of sp³-hybridized carbons (Fsp3) is 0.364. The third kappa shape index (κ3) is 3.56. The Bertz CT molecular complexity index is 1180. The minimum absolute atomic E-state index is 0.0205. The second kappa shape index (κ2) is 6.94. The van der Waals surface area contributed by atoms with Gasteiger partial charge in [-0.15, -0.1) is 22.7 Å². The Morgan fingerprint density at radius 1 is 0.893 bits per heavy atom. The van der Waals surface area contributed by atoms with Gasteiger partial charge in [0.25, 0.3) is 0 Å². The van der Waals surface area contributed by atoms with Crippen molar-refractivity contribution in [3.05, 3.63) is 56.0 Å². The van der Waals surface area contributed by atoms with Gasteiger partial charge in [0, 0.05) is 10.8 Å². The number of halogens is 2. The van der Waals surface area contributed by atoms with Crippen LogP contribution in [0, 0.1) is 0 Å². The van der Waals surface area contributed by atoms with Crippen LogP contribution in [0.2, 0.25) is 10.0 Å². The average Bonchev–Trinajstić information content (AvgIpc) is 3.22. The molecular formula is C22H22Cl2N2S2. The number of para-hydroxylation sites is 1. The van der Waals surface area contributed by atoms with E-state index in [0.717, 1.165) is 47.5 Å². The molecule has 0 spiro atoms. The van der Waals surface area contributed by atoms with Crippen molar-refractivity contribution in [1.29, 1.82) is 0 Å². The summed E-state index contributed by atoms with van der Waals surface area (Å²) in [6.07, 6.45) is 0.808. The molecule has 2 aromatic carbocycles. The molecular weight excluding hydrogens is 427 g/mol. The van der Waals surface area contributed by atoms with Crippen molar-refractivity contribution in [2.24, 2.45) is 0 Å². The fourth-order valence-corrected chi connectivity index (χ4v) is 6.00. The molecule has 2 aromatic heterocycles. The summed E-state index contributed by atoms with van der Waals surface area (Å²) in [5.41, 5.74) is 2.87. The molecule has 0 radical (unpaired) electrons. The molecule has 0 aliphatic heterocycles. The first-order valence-corrected chi connectivity index (χ1v) is 11.6. The molecule has 6 heteroatoms. The number of aromatic nitrogens is 2. The molecule has 0 amide bonds. The van der Waals surface area contributed by atoms with E-state index in [0.29, 0.717) is 5.02 Å². The molecule has 4 aromatic rings. The average molecular weight is 449 g/mol. The maximum Gasteiger partial charge on any atom is 0.100 e. The van der Waals surface area contributed by atoms with Crippen LogP contribution in [0.4, 0.5) is 0 Å². The van der Waals surface area contributed by atoms with E-state index >= 15 is 0 Å². The zero-order valence-corrected chi connectivity index (χ0v) is 19.7. The van der Waals surface area contributed by atoms with Crippen molar-refractivity contribution in [1.82, 2.24) is 9.97 Å². The SMILES string of the molecule is CC(C)(C)c1nc2ccc(CC(C)(C)c3nc4c(Cl)cccc4s3)c(Cl)c2s1. The minimum Gasteiger partial charge on any atom is -0.241 e. The summed E-state index contributed by atoms with van der Waals surface area (Å²) in [5, 5.41) is 3.71. The number of rotatable bonds is 3. The van der Waals surface area contributed by atoms with Gasteiger partial charge in [-0.2, -0.15) is 0 Å². The molecule has 2 heterocycles. The summed E-state index contributed by atoms with van der Waals surface area (Å²) in [6.45, 7) is 11.0. The predicted octanol–water partition coefficient (Wildman–Crippen LogP) is 8.03. The van der Waals surface area contributed by atoms with Crippen LogP contribution in [0.3, 0.4) is 0 Å². The number of fused-ring (bicyclic) bond motifs is 2. The molecule has 4 rings (SSSR count). The second-order valence-electron chi connectivity index (χ2n) is 8.82. The molecule has 0 aliphatic rings. The number of hydrogen-bond donors (Lipinski definition) is 0. The molecule has 0 unspecified atom stereocenters. The molecule has 28 heavy (non-hydrogen) atoms. The van der Waals surface area contributed by atoms with Gasteiger partial charge in [0.15, 0.2) is 0 Å². The Morgan fingerprint density at radius 3 is 2.32 bits per heavy atom. The summed E-state index contributed by atoms with van der Waals surface area (Å²) in [5.74, 6) is 0. The van der Waals surface area contributed by atoms with Crippen molar-refractivity contribution in [2.75, 3.05) is 0 Å². The van der Waals surface area contributed by atoms with E-state index in [4.69, 9.17) is 33.2 Å². The summed E-state index contributed by atoms with van der Waals surface area (Å²) in [7, 11) is 0. The van der Waals surface area contributed by atoms with E-state index in [2.05, 4.69) is 52.8 Å². The Kier molecular flexibility index (Phi) is 4.98. The van der Waals surface area contributed by atoms with Crippen LogP contribution >= 0.6 is 45.9 Å². The van der Waals surface area contributed by atoms with Gasteiger partial charge in [-0.3, -0.25) is 0 Å². The second-order valence-corrected chi connectivity index (χ2v) is 11.6. The van der Waals surface area contributed by atoms with Crippen LogP contribution in [-0.2, 0) is 17.3 Å². The van der Waals surface area contributed by atoms with Crippen LogP contribution in [-0.4, -0.2) is 9.97 Å². The molecule has 0 aliphatic carbocycles. The fourth-order valence-electron chi connectivity index (χ4n) is 3.21. The summed E-state index contributed by atoms with van der Waals surface area (Å²) in [6, 6.07) is 10.1. The first-order chi connectivity index (χ1) is 13.1. The van der Waals surface area contributed by atoms with E-state index in [1.807, 2.05) is 12.1 Å². The largest absolute Gasteiger partial charge is 0.241 e. The standard InChI is InChI=1S/C22H22Cl2N2S2/c1-21(2,3)19-25-14-10-9-12(16(24)18(14)28-19)11-22(4,5)20-26-17-13(23)7-6-8-15(17)27-20/h6-10H,11H2,1-5H3. The first-order valence-electron chi connectivity index (χ1n) is 9.20. The van der Waals surface area contributed by atoms with E-state index in [1.54, 1.807) is 22.7 Å². The molecule has 0 saturated carbocycles. The Hall–Kier alpha value is -1.20. The van der Waals surface area contributed by atoms with Crippen LogP contribution in [0.25, 0.3) is 20.4 Å². The highest BCUT2D eigenvalue weighted by molar-refractivity contribution is 7.19. The Labute approximate surface area is 183 Å². The Balaban J connectivity index is 1.73. The van der Waals surface area contributed by atoms with Gasteiger partial charge >= 0.3 is 0 Å². The van der Waals surface area contributed by atoms with Crippen LogP contribution < -0.4 is 0 Å². The van der Waals surface area contributed by atoms with E-state index in [1.165, 1.54) is 0 Å². The van der Waals surface area contributed by atoms with Gasteiger partial charge in [-0.05, 0) is 30.2 Å². The lowest BCUT2D eigenvalue weighted by Gasteiger charge is -2.22. The first kappa shape index (κ1) is 20.1. The van der Waals surface area contributed by atoms with Gasteiger partial charge in [-0.25, -0.2) is 9.97 Å². The molecule has 0 saturated heterocycles. The van der Waals surface area contributed by atoms with Crippen molar-refractivity contribution >= 4 is 66.3 Å². The van der Waals surface area contributed by atoms with Gasteiger partial charge < -0.3 is 0 Å². The number of nitrogens with zero attached hydrogens (tertiary/aromatic N) is 2. The lowest BCUT2D eigenvalue weighted by atomic mass is 9.86. The van der Waals surface area contributed by atoms with Crippen molar-refractivity contribution < 1.29 is 0 Å². The maximum absolute atomic E-state index is 6.83. The predicted molar refractivity (Wildman–Crippen MR) is 125 cm³/mol. The quantitative estimate of drug-likeness (QED) is 0.316. The van der Waals surface area contributed by atoms with Gasteiger partial charge in [0.05, 0.1) is 35.0 Å². The van der Waals surface area contributed by atoms with E-state index < -0.39 is 0 Å². The highest BCUT2D eigenvalue weighted by atomic mass is 35.5. The van der Waals surface area contributed by atoms with Crippen LogP contribution in [0.1, 0.15) is 50.2 Å². The topological polar surface area (TPSA) is 25.8 Å². The number of benzene rings is 2. The minimum atomic E-state index is -0.151. The lowest BCUT2D eigenvalue weighted by Crippen LogP contribution is -2.20. The number of hydrogen-bond acceptors (Lipinski definition) is 4. The van der Waals surface area contributed by atoms with Gasteiger partial charge in [-0.1, -0.05) is 70.0 Å². The molecule has 0 atom stereocenters. The zero-order valence-electron chi connectivity index (χ0n) is 16.6. The highest BCUT2D eigenvalue weighted by Gasteiger charge is 2.28. The normalized spacial score (nSPS) is 13.0. The molecule has 0 bridgehead atoms. The van der Waals surface area contributed by atoms with Crippen LogP contribution in [0.5, 0.6) is 0 Å². The van der Waals surface area contributed by atoms with Gasteiger partial charge in [0.1, 0.15) is 5.52 Å². The molecule has 146 valence electrons. The van der Waals surface area contributed by atoms with Crippen molar-refractivity contribution in [3.63, 3.8) is 0 Å². The van der Waals surface area contributed by atoms with E-state index in [9.17, 15) is 0 Å². The smallest absolute Gasteiger partial charge is 0.100 e. The number of thiazole rings is 2. The maximum atomic E-state index is 6.83. The molecule has 0 fully saturated rings. The van der Waals surface area contributed by atoms with E-state index in [-0.39, 0.29) is 10.8 Å². The van der Waals surface area contributed by atoms with Crippen molar-refractivity contribution in [2.45, 2.75) is 51.9 Å². The van der Waals surface area contributed by atoms with Crippen molar-refractivity contribution in [3.8, 4) is 0 Å². The molecule has 0 N–H and O–H groups in total. The summed E-state index contributed by atoms with van der Waals surface area (Å²) in [4.78, 5) is 9.63.